The smallest absolute Gasteiger partial charge is 0.462 e. The molecule has 0 aromatic rings. The van der Waals surface area contributed by atoms with Crippen molar-refractivity contribution in [2.45, 2.75) is 303 Å². The van der Waals surface area contributed by atoms with Crippen LogP contribution in [0.25, 0.3) is 0 Å². The SMILES string of the molecule is CC/C=C\C/C=C\C/C=C\C/C=C\C/C=C\CCCCCC(=O)OCC(COP(=O)(O)OCC(O)COP(=O)(O)OCC(COC(=O)C/C=C\C/C=C\C/C=C\C/C=C\C/C=C\CC)OC(=O)CCCCCCC/C=C\CCCCCCCC)OC(=O)CCCCCCC/C=C\C/C=C\C/C=C\CC. The first kappa shape index (κ1) is 98.4. The number of allylic oxidation sites excluding steroid dienone is 27. The molecule has 0 heterocycles. The normalized spacial score (nSPS) is 14.8. The maximum absolute atomic E-state index is 13.1. The van der Waals surface area contributed by atoms with Crippen LogP contribution in [-0.2, 0) is 65.4 Å². The van der Waals surface area contributed by atoms with E-state index >= 15 is 0 Å². The number of ether oxygens (including phenoxy) is 4. The van der Waals surface area contributed by atoms with Crippen LogP contribution < -0.4 is 0 Å². The summed E-state index contributed by atoms with van der Waals surface area (Å²) in [6.07, 6.45) is 89.4. The van der Waals surface area contributed by atoms with E-state index in [1.54, 1.807) is 6.08 Å². The molecule has 104 heavy (non-hydrogen) atoms. The molecule has 5 unspecified atom stereocenters. The molecule has 0 saturated heterocycles. The molecule has 0 aromatic carbocycles. The average molecular weight is 1490 g/mol. The van der Waals surface area contributed by atoms with Crippen molar-refractivity contribution in [1.29, 1.82) is 0 Å². The van der Waals surface area contributed by atoms with Crippen LogP contribution in [0.3, 0.4) is 0 Å². The molecule has 0 aliphatic heterocycles. The standard InChI is InChI=1S/C85H138O17P2/c1-5-9-13-17-21-25-29-33-37-38-39-40-44-46-50-54-58-62-66-70-83(88)96-76-81(102-85(90)72-68-64-60-56-52-48-43-36-32-28-24-20-16-12-8-4)78-100-104(93,94)98-74-79(86)73-97-103(91,92)99-77-80(101-84(89)71-67-63-59-55-51-47-42-35-31-27-23-19-15-11-7-3)75-95-82(87)69-65-61-57-53-49-45-41-34-30-26-22-18-14-10-6-2/h9-10,12-14,16,21-22,24-26,28,33-37,39-43,46,49-50,53,61,65,79-81,86H,5-8,11,15,17-20,23,27,29-32,38,44-45,47-48,51-52,54-60,62-64,66-78H2,1-4H3,(H,91,92)(H,93,94)/b13-9-,14-10-,16-12-,25-21-,26-22-,28-24-,37-33-,40-39-,41-34-,42-35-,43-36-,50-46-,53-49-,65-61-. The third-order valence-electron chi connectivity index (χ3n) is 15.7. The van der Waals surface area contributed by atoms with Gasteiger partial charge in [-0.15, -0.1) is 0 Å². The quantitative estimate of drug-likeness (QED) is 0.0169. The molecule has 0 spiro atoms. The Bertz CT molecular complexity index is 2640. The summed E-state index contributed by atoms with van der Waals surface area (Å²) < 4.78 is 68.4. The molecule has 3 N–H and O–H groups in total. The van der Waals surface area contributed by atoms with Crippen LogP contribution in [0.1, 0.15) is 285 Å². The molecular formula is C85H138O17P2. The van der Waals surface area contributed by atoms with Gasteiger partial charge in [0.1, 0.15) is 19.3 Å². The summed E-state index contributed by atoms with van der Waals surface area (Å²) >= 11 is 0. The van der Waals surface area contributed by atoms with Crippen molar-refractivity contribution in [2.75, 3.05) is 39.6 Å². The van der Waals surface area contributed by atoms with Gasteiger partial charge in [-0.3, -0.25) is 37.3 Å². The van der Waals surface area contributed by atoms with Crippen molar-refractivity contribution >= 4 is 39.5 Å². The lowest BCUT2D eigenvalue weighted by atomic mass is 10.1. The lowest BCUT2D eigenvalue weighted by molar-refractivity contribution is -0.161. The highest BCUT2D eigenvalue weighted by Crippen LogP contribution is 2.45. The highest BCUT2D eigenvalue weighted by molar-refractivity contribution is 7.47. The number of hydrogen-bond donors (Lipinski definition) is 3. The zero-order valence-electron chi connectivity index (χ0n) is 64.4. The summed E-state index contributed by atoms with van der Waals surface area (Å²) in [6.45, 7) is 4.33. The van der Waals surface area contributed by atoms with E-state index in [-0.39, 0.29) is 25.7 Å². The van der Waals surface area contributed by atoms with Gasteiger partial charge in [0.2, 0.25) is 0 Å². The van der Waals surface area contributed by atoms with Crippen molar-refractivity contribution < 1.29 is 80.2 Å². The predicted octanol–water partition coefficient (Wildman–Crippen LogP) is 23.0. The van der Waals surface area contributed by atoms with Crippen molar-refractivity contribution in [3.8, 4) is 0 Å². The third-order valence-corrected chi connectivity index (χ3v) is 17.6. The van der Waals surface area contributed by atoms with Gasteiger partial charge in [-0.1, -0.05) is 275 Å². The summed E-state index contributed by atoms with van der Waals surface area (Å²) in [5, 5.41) is 10.6. The van der Waals surface area contributed by atoms with Gasteiger partial charge in [0.25, 0.3) is 0 Å². The summed E-state index contributed by atoms with van der Waals surface area (Å²) in [7, 11) is -10.0. The van der Waals surface area contributed by atoms with Gasteiger partial charge in [0.15, 0.2) is 12.2 Å². The van der Waals surface area contributed by atoms with Crippen molar-refractivity contribution in [2.24, 2.45) is 0 Å². The summed E-state index contributed by atoms with van der Waals surface area (Å²) in [6, 6.07) is 0. The van der Waals surface area contributed by atoms with Gasteiger partial charge in [-0.2, -0.15) is 0 Å². The number of rotatable bonds is 72. The van der Waals surface area contributed by atoms with Crippen LogP contribution >= 0.6 is 15.6 Å². The molecular weight excluding hydrogens is 1350 g/mol. The second-order valence-electron chi connectivity index (χ2n) is 25.5. The van der Waals surface area contributed by atoms with Crippen LogP contribution in [0.5, 0.6) is 0 Å². The number of hydrogen-bond acceptors (Lipinski definition) is 15. The molecule has 0 radical (unpaired) electrons. The van der Waals surface area contributed by atoms with E-state index in [9.17, 15) is 43.2 Å². The maximum atomic E-state index is 13.1. The Hall–Kier alpha value is -5.58. The number of aliphatic hydroxyl groups excluding tert-OH is 1. The van der Waals surface area contributed by atoms with Gasteiger partial charge in [-0.25, -0.2) is 9.13 Å². The molecule has 0 aromatic heterocycles. The summed E-state index contributed by atoms with van der Waals surface area (Å²) in [5.74, 6) is -2.40. The fourth-order valence-electron chi connectivity index (χ4n) is 9.80. The Balaban J connectivity index is 5.49. The van der Waals surface area contributed by atoms with Crippen LogP contribution in [0.4, 0.5) is 0 Å². The summed E-state index contributed by atoms with van der Waals surface area (Å²) in [4.78, 5) is 72.9. The fourth-order valence-corrected chi connectivity index (χ4v) is 11.4. The Labute approximate surface area is 629 Å². The minimum Gasteiger partial charge on any atom is -0.462 e. The van der Waals surface area contributed by atoms with E-state index in [2.05, 4.69) is 174 Å². The molecule has 0 aliphatic carbocycles. The topological polar surface area (TPSA) is 237 Å². The molecule has 17 nitrogen and oxygen atoms in total. The first-order chi connectivity index (χ1) is 50.7. The molecule has 590 valence electrons. The molecule has 0 bridgehead atoms. The zero-order chi connectivity index (χ0) is 76.0. The maximum Gasteiger partial charge on any atom is 0.472 e. The van der Waals surface area contributed by atoms with Gasteiger partial charge < -0.3 is 33.8 Å². The first-order valence-electron chi connectivity index (χ1n) is 39.4. The van der Waals surface area contributed by atoms with E-state index in [1.165, 1.54) is 38.5 Å². The Morgan fingerprint density at radius 3 is 0.875 bits per heavy atom. The number of unbranched alkanes of at least 4 members (excludes halogenated alkanes) is 19. The monoisotopic (exact) mass is 1490 g/mol. The molecule has 0 rings (SSSR count). The molecule has 0 saturated carbocycles. The van der Waals surface area contributed by atoms with E-state index in [4.69, 9.17) is 37.0 Å². The molecule has 5 atom stereocenters. The van der Waals surface area contributed by atoms with Gasteiger partial charge in [0.05, 0.1) is 32.8 Å². The van der Waals surface area contributed by atoms with Crippen LogP contribution in [0, 0.1) is 0 Å². The van der Waals surface area contributed by atoms with Gasteiger partial charge in [0, 0.05) is 19.3 Å². The highest BCUT2D eigenvalue weighted by atomic mass is 31.2. The lowest BCUT2D eigenvalue weighted by Gasteiger charge is -2.21. The Morgan fingerprint density at radius 2 is 0.538 bits per heavy atom. The van der Waals surface area contributed by atoms with Crippen molar-refractivity contribution in [3.63, 3.8) is 0 Å². The van der Waals surface area contributed by atoms with Crippen LogP contribution in [0.15, 0.2) is 170 Å². The number of carbonyl (C=O) groups is 4. The van der Waals surface area contributed by atoms with Crippen LogP contribution in [0.2, 0.25) is 0 Å². The highest BCUT2D eigenvalue weighted by Gasteiger charge is 2.30. The number of carbonyl (C=O) groups excluding carboxylic acids is 4. The molecule has 0 amide bonds. The molecule has 19 heteroatoms. The van der Waals surface area contributed by atoms with E-state index in [1.807, 2.05) is 18.2 Å². The zero-order valence-corrected chi connectivity index (χ0v) is 66.2. The number of phosphoric acid groups is 2. The minimum atomic E-state index is -5.01. The number of phosphoric ester groups is 2. The van der Waals surface area contributed by atoms with E-state index in [0.29, 0.717) is 25.7 Å². The molecule has 0 fully saturated rings. The van der Waals surface area contributed by atoms with Crippen molar-refractivity contribution in [3.05, 3.63) is 170 Å². The van der Waals surface area contributed by atoms with Crippen molar-refractivity contribution in [1.82, 2.24) is 0 Å². The lowest BCUT2D eigenvalue weighted by Crippen LogP contribution is -2.30. The average Bonchev–Trinajstić information content (AvgIpc) is 0.918. The minimum absolute atomic E-state index is 0.0593. The Morgan fingerprint density at radius 1 is 0.288 bits per heavy atom. The third kappa shape index (κ3) is 74.7. The predicted molar refractivity (Wildman–Crippen MR) is 426 cm³/mol. The second kappa shape index (κ2) is 75.6. The number of aliphatic hydroxyl groups is 1. The van der Waals surface area contributed by atoms with Gasteiger partial charge >= 0.3 is 39.5 Å². The van der Waals surface area contributed by atoms with Crippen LogP contribution in [-0.4, -0.2) is 96.7 Å². The summed E-state index contributed by atoms with van der Waals surface area (Å²) in [5.41, 5.74) is 0. The largest absolute Gasteiger partial charge is 0.472 e. The van der Waals surface area contributed by atoms with E-state index < -0.39 is 97.5 Å². The Kier molecular flexibility index (Phi) is 71.6. The number of esters is 4. The second-order valence-corrected chi connectivity index (χ2v) is 28.4. The van der Waals surface area contributed by atoms with E-state index in [0.717, 1.165) is 167 Å². The van der Waals surface area contributed by atoms with Gasteiger partial charge in [-0.05, 0) is 154 Å². The first-order valence-corrected chi connectivity index (χ1v) is 42.4. The molecule has 0 aliphatic rings. The fraction of sp³-hybridized carbons (Fsp3) is 0.624.